The molecule has 7 nitrogen and oxygen atoms in total. The predicted molar refractivity (Wildman–Crippen MR) is 119 cm³/mol. The van der Waals surface area contributed by atoms with Gasteiger partial charge in [0.25, 0.3) is 5.91 Å². The highest BCUT2D eigenvalue weighted by atomic mass is 32.2. The Bertz CT molecular complexity index is 999. The minimum atomic E-state index is -3.43. The molecule has 1 aliphatic rings. The fraction of sp³-hybridized carbons (Fsp3) is 0.435. The van der Waals surface area contributed by atoms with E-state index < -0.39 is 16.1 Å². The summed E-state index contributed by atoms with van der Waals surface area (Å²) in [6, 6.07) is 12.1. The maximum atomic E-state index is 12.5. The summed E-state index contributed by atoms with van der Waals surface area (Å²) in [6.07, 6.45) is 1.18. The molecule has 0 saturated carbocycles. The molecule has 2 aromatic carbocycles. The van der Waals surface area contributed by atoms with Gasteiger partial charge >= 0.3 is 0 Å². The Morgan fingerprint density at radius 3 is 2.32 bits per heavy atom. The van der Waals surface area contributed by atoms with E-state index in [1.165, 1.54) is 9.87 Å². The molecule has 0 unspecified atom stereocenters. The summed E-state index contributed by atoms with van der Waals surface area (Å²) in [5.41, 5.74) is 2.28. The van der Waals surface area contributed by atoms with Gasteiger partial charge in [-0.2, -0.15) is 4.31 Å². The summed E-state index contributed by atoms with van der Waals surface area (Å²) >= 11 is 0. The van der Waals surface area contributed by atoms with Crippen LogP contribution in [0.2, 0.25) is 0 Å². The van der Waals surface area contributed by atoms with Crippen molar-refractivity contribution in [3.8, 4) is 11.5 Å². The average Bonchev–Trinajstić information content (AvgIpc) is 3.30. The zero-order valence-corrected chi connectivity index (χ0v) is 19.1. The summed E-state index contributed by atoms with van der Waals surface area (Å²) in [7, 11) is -3.43. The second-order valence-corrected chi connectivity index (χ2v) is 9.67. The van der Waals surface area contributed by atoms with Gasteiger partial charge in [-0.25, -0.2) is 8.42 Å². The maximum absolute atomic E-state index is 12.5. The second kappa shape index (κ2) is 10.2. The van der Waals surface area contributed by atoms with Gasteiger partial charge in [-0.3, -0.25) is 4.79 Å². The summed E-state index contributed by atoms with van der Waals surface area (Å²) in [6.45, 7) is 7.45. The van der Waals surface area contributed by atoms with Crippen LogP contribution in [0.5, 0.6) is 11.5 Å². The molecule has 31 heavy (non-hydrogen) atoms. The maximum Gasteiger partial charge on any atom is 0.260 e. The van der Waals surface area contributed by atoms with E-state index in [1.807, 2.05) is 32.0 Å². The Hall–Kier alpha value is -2.58. The molecule has 1 amide bonds. The summed E-state index contributed by atoms with van der Waals surface area (Å²) in [5.74, 6) is 0.980. The predicted octanol–water partition coefficient (Wildman–Crippen LogP) is 3.05. The number of carbonyl (C=O) groups excluding carboxylic acids is 1. The van der Waals surface area contributed by atoms with Crippen LogP contribution in [0.25, 0.3) is 0 Å². The van der Waals surface area contributed by atoms with E-state index in [9.17, 15) is 13.2 Å². The van der Waals surface area contributed by atoms with Crippen molar-refractivity contribution in [2.24, 2.45) is 0 Å². The smallest absolute Gasteiger partial charge is 0.260 e. The first kappa shape index (κ1) is 23.1. The van der Waals surface area contributed by atoms with Gasteiger partial charge in [0.1, 0.15) is 18.1 Å². The van der Waals surface area contributed by atoms with Gasteiger partial charge in [0.2, 0.25) is 10.0 Å². The lowest BCUT2D eigenvalue weighted by Crippen LogP contribution is -2.38. The van der Waals surface area contributed by atoms with Crippen molar-refractivity contribution in [1.82, 2.24) is 9.62 Å². The largest absolute Gasteiger partial charge is 0.492 e. The highest BCUT2D eigenvalue weighted by molar-refractivity contribution is 7.89. The van der Waals surface area contributed by atoms with Crippen LogP contribution in [0.1, 0.15) is 30.9 Å². The topological polar surface area (TPSA) is 84.9 Å². The van der Waals surface area contributed by atoms with E-state index in [4.69, 9.17) is 9.47 Å². The Kier molecular flexibility index (Phi) is 7.56. The number of nitrogens with one attached hydrogen (secondary N) is 1. The lowest BCUT2D eigenvalue weighted by Gasteiger charge is -2.16. The first-order valence-corrected chi connectivity index (χ1v) is 12.0. The average molecular weight is 447 g/mol. The lowest BCUT2D eigenvalue weighted by atomic mass is 10.1. The summed E-state index contributed by atoms with van der Waals surface area (Å²) < 4.78 is 37.9. The molecule has 1 N–H and O–H groups in total. The Morgan fingerprint density at radius 1 is 1.03 bits per heavy atom. The number of rotatable bonds is 9. The van der Waals surface area contributed by atoms with Crippen LogP contribution in [-0.4, -0.2) is 51.0 Å². The number of carbonyl (C=O) groups is 1. The van der Waals surface area contributed by atoms with E-state index in [1.54, 1.807) is 31.2 Å². The monoisotopic (exact) mass is 446 g/mol. The van der Waals surface area contributed by atoms with Crippen LogP contribution in [0, 0.1) is 13.8 Å². The molecule has 1 aliphatic heterocycles. The van der Waals surface area contributed by atoms with Gasteiger partial charge in [0.15, 0.2) is 6.10 Å². The number of hydrogen-bond donors (Lipinski definition) is 1. The Balaban J connectivity index is 1.42. The highest BCUT2D eigenvalue weighted by Crippen LogP contribution is 2.23. The van der Waals surface area contributed by atoms with Crippen LogP contribution in [0.3, 0.4) is 0 Å². The van der Waals surface area contributed by atoms with Gasteiger partial charge in [0.05, 0.1) is 11.4 Å². The minimum Gasteiger partial charge on any atom is -0.492 e. The molecule has 2 aromatic rings. The van der Waals surface area contributed by atoms with Crippen molar-refractivity contribution in [2.45, 2.75) is 44.6 Å². The number of benzene rings is 2. The summed E-state index contributed by atoms with van der Waals surface area (Å²) in [5, 5.41) is 2.78. The Labute approximate surface area is 184 Å². The normalized spacial score (nSPS) is 15.5. The highest BCUT2D eigenvalue weighted by Gasteiger charge is 2.26. The van der Waals surface area contributed by atoms with Crippen molar-refractivity contribution >= 4 is 15.9 Å². The summed E-state index contributed by atoms with van der Waals surface area (Å²) in [4.78, 5) is 12.5. The molecule has 8 heteroatoms. The Morgan fingerprint density at radius 2 is 1.68 bits per heavy atom. The molecule has 1 saturated heterocycles. The number of aryl methyl sites for hydroxylation is 2. The molecular formula is C23H30N2O5S. The third-order valence-corrected chi connectivity index (χ3v) is 7.27. The molecule has 1 heterocycles. The molecule has 0 spiro atoms. The molecular weight excluding hydrogens is 416 g/mol. The molecule has 0 aliphatic carbocycles. The third kappa shape index (κ3) is 5.98. The van der Waals surface area contributed by atoms with Crippen molar-refractivity contribution < 1.29 is 22.7 Å². The zero-order valence-electron chi connectivity index (χ0n) is 18.3. The SMILES string of the molecule is Cc1ccc(O[C@H](C)C(=O)NCCOc2ccc(S(=O)(=O)N3CCCC3)cc2)cc1C. The quantitative estimate of drug-likeness (QED) is 0.599. The van der Waals surface area contributed by atoms with E-state index in [2.05, 4.69) is 5.32 Å². The molecule has 1 atom stereocenters. The minimum absolute atomic E-state index is 0.228. The molecule has 168 valence electrons. The van der Waals surface area contributed by atoms with Crippen molar-refractivity contribution in [1.29, 1.82) is 0 Å². The van der Waals surface area contributed by atoms with Crippen LogP contribution < -0.4 is 14.8 Å². The van der Waals surface area contributed by atoms with E-state index in [0.29, 0.717) is 31.1 Å². The molecule has 3 rings (SSSR count). The van der Waals surface area contributed by atoms with Crippen molar-refractivity contribution in [2.75, 3.05) is 26.2 Å². The number of ether oxygens (including phenoxy) is 2. The molecule has 0 radical (unpaired) electrons. The third-order valence-electron chi connectivity index (χ3n) is 5.36. The van der Waals surface area contributed by atoms with Gasteiger partial charge in [-0.15, -0.1) is 0 Å². The lowest BCUT2D eigenvalue weighted by molar-refractivity contribution is -0.127. The number of amides is 1. The van der Waals surface area contributed by atoms with Gasteiger partial charge in [0, 0.05) is 13.1 Å². The van der Waals surface area contributed by atoms with Gasteiger partial charge < -0.3 is 14.8 Å². The van der Waals surface area contributed by atoms with Gasteiger partial charge in [-0.05, 0) is 81.1 Å². The number of hydrogen-bond acceptors (Lipinski definition) is 5. The van der Waals surface area contributed by atoms with Crippen LogP contribution in [0.4, 0.5) is 0 Å². The fourth-order valence-electron chi connectivity index (χ4n) is 3.32. The van der Waals surface area contributed by atoms with E-state index in [-0.39, 0.29) is 17.4 Å². The zero-order chi connectivity index (χ0) is 22.4. The fourth-order valence-corrected chi connectivity index (χ4v) is 4.83. The van der Waals surface area contributed by atoms with E-state index in [0.717, 1.165) is 18.4 Å². The van der Waals surface area contributed by atoms with Gasteiger partial charge in [-0.1, -0.05) is 6.07 Å². The second-order valence-electron chi connectivity index (χ2n) is 7.73. The van der Waals surface area contributed by atoms with Crippen LogP contribution >= 0.6 is 0 Å². The first-order chi connectivity index (χ1) is 14.8. The first-order valence-electron chi connectivity index (χ1n) is 10.5. The standard InChI is InChI=1S/C23H30N2O5S/c1-17-6-7-21(16-18(17)2)30-19(3)23(26)24-12-15-29-20-8-10-22(11-9-20)31(27,28)25-13-4-5-14-25/h6-11,16,19H,4-5,12-15H2,1-3H3,(H,24,26)/t19-/m1/s1. The number of sulfonamides is 1. The van der Waals surface area contributed by atoms with Crippen LogP contribution in [-0.2, 0) is 14.8 Å². The van der Waals surface area contributed by atoms with Crippen molar-refractivity contribution in [3.63, 3.8) is 0 Å². The number of nitrogens with zero attached hydrogens (tertiary/aromatic N) is 1. The van der Waals surface area contributed by atoms with E-state index >= 15 is 0 Å². The molecule has 0 aromatic heterocycles. The molecule has 1 fully saturated rings. The van der Waals surface area contributed by atoms with Crippen molar-refractivity contribution in [3.05, 3.63) is 53.6 Å². The van der Waals surface area contributed by atoms with Crippen LogP contribution in [0.15, 0.2) is 47.4 Å². The molecule has 0 bridgehead atoms.